The van der Waals surface area contributed by atoms with E-state index in [0.29, 0.717) is 18.5 Å². The molecule has 0 bridgehead atoms. The van der Waals surface area contributed by atoms with Gasteiger partial charge in [0.25, 0.3) is 0 Å². The zero-order valence-corrected chi connectivity index (χ0v) is 12.9. The summed E-state index contributed by atoms with van der Waals surface area (Å²) in [5, 5.41) is 11.6. The third-order valence-electron chi connectivity index (χ3n) is 2.52. The Morgan fingerprint density at radius 3 is 2.64 bits per heavy atom. The van der Waals surface area contributed by atoms with Crippen LogP contribution in [-0.4, -0.2) is 29.3 Å². The van der Waals surface area contributed by atoms with Crippen LogP contribution in [0.1, 0.15) is 43.1 Å². The second-order valence-electron chi connectivity index (χ2n) is 5.66. The SMILES string of the molecule is CC(C)(C)OC(=O)NCCC=Cc1ccc(F)cc1C(=O)O. The Kier molecular flexibility index (Phi) is 6.10. The zero-order chi connectivity index (χ0) is 16.8. The molecule has 1 rings (SSSR count). The molecule has 0 heterocycles. The number of hydrogen-bond acceptors (Lipinski definition) is 3. The molecule has 0 aliphatic heterocycles. The molecule has 0 aliphatic rings. The minimum Gasteiger partial charge on any atom is -0.478 e. The Hall–Kier alpha value is -2.37. The van der Waals surface area contributed by atoms with Crippen molar-refractivity contribution in [3.8, 4) is 0 Å². The minimum atomic E-state index is -1.19. The van der Waals surface area contributed by atoms with Gasteiger partial charge < -0.3 is 15.2 Å². The number of benzene rings is 1. The molecule has 1 aromatic carbocycles. The normalized spacial score (nSPS) is 11.5. The summed E-state index contributed by atoms with van der Waals surface area (Å²) < 4.78 is 18.1. The van der Waals surface area contributed by atoms with Gasteiger partial charge in [-0.3, -0.25) is 0 Å². The van der Waals surface area contributed by atoms with Crippen molar-refractivity contribution < 1.29 is 23.8 Å². The number of carbonyl (C=O) groups excluding carboxylic acids is 1. The summed E-state index contributed by atoms with van der Waals surface area (Å²) in [5.74, 6) is -1.79. The van der Waals surface area contributed by atoms with Gasteiger partial charge in [0, 0.05) is 6.54 Å². The van der Waals surface area contributed by atoms with E-state index in [2.05, 4.69) is 5.32 Å². The largest absolute Gasteiger partial charge is 0.478 e. The molecule has 0 aliphatic carbocycles. The van der Waals surface area contributed by atoms with Gasteiger partial charge in [0.1, 0.15) is 11.4 Å². The van der Waals surface area contributed by atoms with Gasteiger partial charge in [-0.2, -0.15) is 0 Å². The molecular weight excluding hydrogens is 289 g/mol. The van der Waals surface area contributed by atoms with Crippen LogP contribution in [0, 0.1) is 5.82 Å². The van der Waals surface area contributed by atoms with E-state index in [9.17, 15) is 14.0 Å². The van der Waals surface area contributed by atoms with Crippen LogP contribution in [0.15, 0.2) is 24.3 Å². The predicted molar refractivity (Wildman–Crippen MR) is 81.2 cm³/mol. The van der Waals surface area contributed by atoms with Crippen LogP contribution < -0.4 is 5.32 Å². The summed E-state index contributed by atoms with van der Waals surface area (Å²) in [7, 11) is 0. The summed E-state index contributed by atoms with van der Waals surface area (Å²) >= 11 is 0. The van der Waals surface area contributed by atoms with Gasteiger partial charge in [0.2, 0.25) is 0 Å². The molecule has 120 valence electrons. The Bertz CT molecular complexity index is 576. The third-order valence-corrected chi connectivity index (χ3v) is 2.52. The molecule has 0 fully saturated rings. The van der Waals surface area contributed by atoms with Gasteiger partial charge in [-0.25, -0.2) is 14.0 Å². The number of amides is 1. The van der Waals surface area contributed by atoms with Crippen LogP contribution in [-0.2, 0) is 4.74 Å². The molecule has 22 heavy (non-hydrogen) atoms. The van der Waals surface area contributed by atoms with Crippen LogP contribution in [0.4, 0.5) is 9.18 Å². The Morgan fingerprint density at radius 2 is 2.05 bits per heavy atom. The zero-order valence-electron chi connectivity index (χ0n) is 12.9. The maximum absolute atomic E-state index is 13.0. The van der Waals surface area contributed by atoms with E-state index < -0.39 is 23.5 Å². The van der Waals surface area contributed by atoms with E-state index in [1.165, 1.54) is 12.1 Å². The quantitative estimate of drug-likeness (QED) is 0.817. The molecule has 0 saturated carbocycles. The maximum atomic E-state index is 13.0. The molecular formula is C16H20FNO4. The number of carboxylic acids is 1. The van der Waals surface area contributed by atoms with Gasteiger partial charge in [0.15, 0.2) is 0 Å². The fraction of sp³-hybridized carbons (Fsp3) is 0.375. The number of aromatic carboxylic acids is 1. The van der Waals surface area contributed by atoms with Crippen molar-refractivity contribution in [3.63, 3.8) is 0 Å². The van der Waals surface area contributed by atoms with Crippen molar-refractivity contribution in [3.05, 3.63) is 41.2 Å². The van der Waals surface area contributed by atoms with Crippen LogP contribution in [0.2, 0.25) is 0 Å². The first-order valence-corrected chi connectivity index (χ1v) is 6.85. The summed E-state index contributed by atoms with van der Waals surface area (Å²) in [6.45, 7) is 5.67. The number of nitrogens with one attached hydrogen (secondary N) is 1. The van der Waals surface area contributed by atoms with Gasteiger partial charge in [-0.1, -0.05) is 18.2 Å². The van der Waals surface area contributed by atoms with Gasteiger partial charge in [-0.05, 0) is 44.9 Å². The lowest BCUT2D eigenvalue weighted by atomic mass is 10.1. The van der Waals surface area contributed by atoms with E-state index in [0.717, 1.165) is 6.07 Å². The number of carboxylic acid groups (broad SMARTS) is 1. The maximum Gasteiger partial charge on any atom is 0.407 e. The lowest BCUT2D eigenvalue weighted by Crippen LogP contribution is -2.32. The lowest BCUT2D eigenvalue weighted by molar-refractivity contribution is 0.0528. The predicted octanol–water partition coefficient (Wildman–Crippen LogP) is 3.45. The van der Waals surface area contributed by atoms with E-state index >= 15 is 0 Å². The van der Waals surface area contributed by atoms with E-state index in [1.54, 1.807) is 32.9 Å². The van der Waals surface area contributed by atoms with Gasteiger partial charge in [-0.15, -0.1) is 0 Å². The Balaban J connectivity index is 2.50. The van der Waals surface area contributed by atoms with Crippen molar-refractivity contribution in [2.75, 3.05) is 6.54 Å². The summed E-state index contributed by atoms with van der Waals surface area (Å²) in [6.07, 6.45) is 3.28. The lowest BCUT2D eigenvalue weighted by Gasteiger charge is -2.19. The first-order chi connectivity index (χ1) is 10.2. The average Bonchev–Trinajstić information content (AvgIpc) is 2.37. The highest BCUT2D eigenvalue weighted by atomic mass is 19.1. The molecule has 0 radical (unpaired) electrons. The fourth-order valence-corrected chi connectivity index (χ4v) is 1.64. The van der Waals surface area contributed by atoms with E-state index in [4.69, 9.17) is 9.84 Å². The van der Waals surface area contributed by atoms with Crippen molar-refractivity contribution in [1.29, 1.82) is 0 Å². The molecule has 0 atom stereocenters. The number of hydrogen-bond donors (Lipinski definition) is 2. The highest BCUT2D eigenvalue weighted by Crippen LogP contribution is 2.13. The number of halogens is 1. The molecule has 2 N–H and O–H groups in total. The highest BCUT2D eigenvalue weighted by molar-refractivity contribution is 5.92. The summed E-state index contributed by atoms with van der Waals surface area (Å²) in [6, 6.07) is 3.57. The minimum absolute atomic E-state index is 0.101. The topological polar surface area (TPSA) is 75.6 Å². The molecule has 0 spiro atoms. The Morgan fingerprint density at radius 1 is 1.36 bits per heavy atom. The van der Waals surface area contributed by atoms with E-state index in [-0.39, 0.29) is 5.56 Å². The smallest absolute Gasteiger partial charge is 0.407 e. The fourth-order valence-electron chi connectivity index (χ4n) is 1.64. The second kappa shape index (κ2) is 7.59. The molecule has 6 heteroatoms. The van der Waals surface area contributed by atoms with Crippen molar-refractivity contribution in [1.82, 2.24) is 5.32 Å². The average molecular weight is 309 g/mol. The standard InChI is InChI=1S/C16H20FNO4/c1-16(2,3)22-15(21)18-9-5-4-6-11-7-8-12(17)10-13(11)14(19)20/h4,6-8,10H,5,9H2,1-3H3,(H,18,21)(H,19,20). The van der Waals surface area contributed by atoms with Gasteiger partial charge >= 0.3 is 12.1 Å². The first-order valence-electron chi connectivity index (χ1n) is 6.85. The number of ether oxygens (including phenoxy) is 1. The molecule has 5 nitrogen and oxygen atoms in total. The highest BCUT2D eigenvalue weighted by Gasteiger charge is 2.15. The molecule has 0 saturated heterocycles. The van der Waals surface area contributed by atoms with Crippen molar-refractivity contribution in [2.24, 2.45) is 0 Å². The number of alkyl carbamates (subject to hydrolysis) is 1. The first kappa shape index (κ1) is 17.7. The summed E-state index contributed by atoms with van der Waals surface area (Å²) in [5.41, 5.74) is -0.243. The van der Waals surface area contributed by atoms with Crippen LogP contribution in [0.25, 0.3) is 6.08 Å². The molecule has 1 amide bonds. The van der Waals surface area contributed by atoms with Crippen molar-refractivity contribution in [2.45, 2.75) is 32.8 Å². The van der Waals surface area contributed by atoms with Crippen LogP contribution >= 0.6 is 0 Å². The summed E-state index contributed by atoms with van der Waals surface area (Å²) in [4.78, 5) is 22.4. The Labute approximate surface area is 128 Å². The van der Waals surface area contributed by atoms with Gasteiger partial charge in [0.05, 0.1) is 5.56 Å². The molecule has 1 aromatic rings. The number of carbonyl (C=O) groups is 2. The van der Waals surface area contributed by atoms with Crippen LogP contribution in [0.3, 0.4) is 0 Å². The second-order valence-corrected chi connectivity index (χ2v) is 5.66. The molecule has 0 aromatic heterocycles. The van der Waals surface area contributed by atoms with Crippen LogP contribution in [0.5, 0.6) is 0 Å². The van der Waals surface area contributed by atoms with E-state index in [1.807, 2.05) is 0 Å². The monoisotopic (exact) mass is 309 g/mol. The van der Waals surface area contributed by atoms with Crippen molar-refractivity contribution >= 4 is 18.1 Å². The number of rotatable bonds is 5. The third kappa shape index (κ3) is 6.39. The molecule has 0 unspecified atom stereocenters.